The fourth-order valence-electron chi connectivity index (χ4n) is 2.59. The number of nitrogens with zero attached hydrogens (tertiary/aromatic N) is 2. The maximum absolute atomic E-state index is 11.1. The molecule has 102 valence electrons. The first-order valence-corrected chi connectivity index (χ1v) is 8.49. The van der Waals surface area contributed by atoms with Crippen LogP contribution in [0.5, 0.6) is 0 Å². The van der Waals surface area contributed by atoms with Crippen molar-refractivity contribution in [3.8, 4) is 0 Å². The summed E-state index contributed by atoms with van der Waals surface area (Å²) in [6, 6.07) is 0.592. The van der Waals surface area contributed by atoms with Crippen LogP contribution in [-0.4, -0.2) is 32.3 Å². The van der Waals surface area contributed by atoms with Gasteiger partial charge in [-0.2, -0.15) is 0 Å². The summed E-state index contributed by atoms with van der Waals surface area (Å²) >= 11 is 0. The van der Waals surface area contributed by atoms with Crippen molar-refractivity contribution in [3.63, 3.8) is 0 Å². The van der Waals surface area contributed by atoms with Crippen LogP contribution in [0.1, 0.15) is 43.8 Å². The van der Waals surface area contributed by atoms with Gasteiger partial charge in [-0.1, -0.05) is 19.3 Å². The molecule has 0 aliphatic heterocycles. The Labute approximate surface area is 112 Å². The Bertz CT molecular complexity index is 410. The second-order valence-electron chi connectivity index (χ2n) is 5.11. The van der Waals surface area contributed by atoms with E-state index in [-0.39, 0.29) is 0 Å². The summed E-state index contributed by atoms with van der Waals surface area (Å²) in [7, 11) is -0.743. The van der Waals surface area contributed by atoms with Gasteiger partial charge in [0.25, 0.3) is 0 Å². The third-order valence-corrected chi connectivity index (χ3v) is 4.27. The molecule has 0 saturated heterocycles. The van der Waals surface area contributed by atoms with Gasteiger partial charge in [-0.25, -0.2) is 4.98 Å². The lowest BCUT2D eigenvalue weighted by Crippen LogP contribution is -2.18. The summed E-state index contributed by atoms with van der Waals surface area (Å²) in [5.74, 6) is 1.63. The number of aryl methyl sites for hydroxylation is 1. The molecule has 1 aromatic rings. The highest BCUT2D eigenvalue weighted by atomic mass is 32.2. The van der Waals surface area contributed by atoms with Crippen molar-refractivity contribution in [2.75, 3.05) is 23.9 Å². The zero-order valence-corrected chi connectivity index (χ0v) is 12.1. The quantitative estimate of drug-likeness (QED) is 0.893. The van der Waals surface area contributed by atoms with Crippen LogP contribution < -0.4 is 5.32 Å². The predicted molar refractivity (Wildman–Crippen MR) is 76.5 cm³/mol. The van der Waals surface area contributed by atoms with Crippen molar-refractivity contribution in [1.82, 2.24) is 9.55 Å². The molecule has 2 rings (SSSR count). The number of rotatable bonds is 5. The molecule has 0 amide bonds. The molecule has 1 unspecified atom stereocenters. The number of hydrogen-bond donors (Lipinski definition) is 1. The normalized spacial score (nSPS) is 18.8. The summed E-state index contributed by atoms with van der Waals surface area (Å²) < 4.78 is 13.4. The molecule has 0 aromatic carbocycles. The molecule has 18 heavy (non-hydrogen) atoms. The largest absolute Gasteiger partial charge is 0.355 e. The molecule has 1 fully saturated rings. The summed E-state index contributed by atoms with van der Waals surface area (Å²) in [6.07, 6.45) is 10.4. The van der Waals surface area contributed by atoms with E-state index < -0.39 is 10.8 Å². The number of anilines is 1. The van der Waals surface area contributed by atoms with E-state index >= 15 is 0 Å². The van der Waals surface area contributed by atoms with Gasteiger partial charge >= 0.3 is 0 Å². The van der Waals surface area contributed by atoms with Crippen LogP contribution in [0.3, 0.4) is 0 Å². The van der Waals surface area contributed by atoms with E-state index in [0.717, 1.165) is 18.2 Å². The Morgan fingerprint density at radius 1 is 1.44 bits per heavy atom. The van der Waals surface area contributed by atoms with Crippen LogP contribution in [-0.2, 0) is 10.8 Å². The maximum Gasteiger partial charge on any atom is 0.203 e. The first-order valence-electron chi connectivity index (χ1n) is 6.76. The molecule has 0 spiro atoms. The van der Waals surface area contributed by atoms with Crippen molar-refractivity contribution in [1.29, 1.82) is 0 Å². The predicted octanol–water partition coefficient (Wildman–Crippen LogP) is 2.49. The Morgan fingerprint density at radius 2 is 2.17 bits per heavy atom. The highest BCUT2D eigenvalue weighted by Crippen LogP contribution is 2.30. The lowest BCUT2D eigenvalue weighted by Gasteiger charge is -2.24. The molecule has 1 aromatic heterocycles. The molecule has 0 bridgehead atoms. The van der Waals surface area contributed by atoms with Gasteiger partial charge < -0.3 is 9.88 Å². The van der Waals surface area contributed by atoms with Crippen LogP contribution in [0.2, 0.25) is 0 Å². The van der Waals surface area contributed by atoms with Gasteiger partial charge in [0.15, 0.2) is 0 Å². The standard InChI is InChI=1S/C13H23N3OS/c1-11-10-16(12-6-4-3-5-7-12)13(15-11)14-8-9-18(2)17/h10,12H,3-9H2,1-2H3,(H,14,15). The molecular weight excluding hydrogens is 246 g/mol. The van der Waals surface area contributed by atoms with E-state index in [4.69, 9.17) is 0 Å². The first-order chi connectivity index (χ1) is 8.66. The van der Waals surface area contributed by atoms with E-state index in [1.165, 1.54) is 32.1 Å². The molecule has 1 heterocycles. The number of aromatic nitrogens is 2. The number of nitrogens with one attached hydrogen (secondary N) is 1. The Kier molecular flexibility index (Phi) is 4.80. The van der Waals surface area contributed by atoms with Crippen LogP contribution in [0.4, 0.5) is 5.95 Å². The van der Waals surface area contributed by atoms with Crippen molar-refractivity contribution >= 4 is 16.7 Å². The minimum Gasteiger partial charge on any atom is -0.355 e. The Hall–Kier alpha value is -0.840. The molecule has 1 N–H and O–H groups in total. The van der Waals surface area contributed by atoms with Crippen molar-refractivity contribution in [3.05, 3.63) is 11.9 Å². The van der Waals surface area contributed by atoms with Crippen molar-refractivity contribution in [2.24, 2.45) is 0 Å². The second kappa shape index (κ2) is 6.36. The van der Waals surface area contributed by atoms with Gasteiger partial charge in [0.1, 0.15) is 0 Å². The zero-order chi connectivity index (χ0) is 13.0. The zero-order valence-electron chi connectivity index (χ0n) is 11.3. The molecular formula is C13H23N3OS. The summed E-state index contributed by atoms with van der Waals surface area (Å²) in [4.78, 5) is 4.54. The SMILES string of the molecule is Cc1cn(C2CCCCC2)c(NCCS(C)=O)n1. The van der Waals surface area contributed by atoms with Crippen LogP contribution >= 0.6 is 0 Å². The number of hydrogen-bond acceptors (Lipinski definition) is 3. The van der Waals surface area contributed by atoms with E-state index in [9.17, 15) is 4.21 Å². The minimum atomic E-state index is -0.743. The third-order valence-electron chi connectivity index (χ3n) is 3.49. The monoisotopic (exact) mass is 269 g/mol. The van der Waals surface area contributed by atoms with Gasteiger partial charge in [0.2, 0.25) is 5.95 Å². The van der Waals surface area contributed by atoms with Crippen LogP contribution in [0, 0.1) is 6.92 Å². The van der Waals surface area contributed by atoms with Gasteiger partial charge in [0, 0.05) is 41.6 Å². The minimum absolute atomic E-state index is 0.592. The topological polar surface area (TPSA) is 46.9 Å². The van der Waals surface area contributed by atoms with E-state index in [1.54, 1.807) is 6.26 Å². The molecule has 0 radical (unpaired) electrons. The van der Waals surface area contributed by atoms with E-state index in [1.807, 2.05) is 6.92 Å². The van der Waals surface area contributed by atoms with Gasteiger partial charge in [0.05, 0.1) is 5.69 Å². The lowest BCUT2D eigenvalue weighted by molar-refractivity contribution is 0.356. The molecule has 1 saturated carbocycles. The average molecular weight is 269 g/mol. The first kappa shape index (κ1) is 13.6. The molecule has 1 aliphatic carbocycles. The van der Waals surface area contributed by atoms with Crippen LogP contribution in [0.15, 0.2) is 6.20 Å². The van der Waals surface area contributed by atoms with Gasteiger partial charge in [-0.05, 0) is 19.8 Å². The van der Waals surface area contributed by atoms with E-state index in [0.29, 0.717) is 11.8 Å². The summed E-state index contributed by atoms with van der Waals surface area (Å²) in [5.41, 5.74) is 1.06. The average Bonchev–Trinajstić information content (AvgIpc) is 2.71. The van der Waals surface area contributed by atoms with E-state index in [2.05, 4.69) is 21.1 Å². The Balaban J connectivity index is 2.02. The smallest absolute Gasteiger partial charge is 0.203 e. The number of imidazole rings is 1. The van der Waals surface area contributed by atoms with Crippen molar-refractivity contribution in [2.45, 2.75) is 45.1 Å². The fourth-order valence-corrected chi connectivity index (χ4v) is 2.98. The fraction of sp³-hybridized carbons (Fsp3) is 0.769. The van der Waals surface area contributed by atoms with Crippen LogP contribution in [0.25, 0.3) is 0 Å². The highest BCUT2D eigenvalue weighted by Gasteiger charge is 2.18. The van der Waals surface area contributed by atoms with Crippen molar-refractivity contribution < 1.29 is 4.21 Å². The highest BCUT2D eigenvalue weighted by molar-refractivity contribution is 7.84. The Morgan fingerprint density at radius 3 is 2.83 bits per heavy atom. The van der Waals surface area contributed by atoms with Gasteiger partial charge in [-0.15, -0.1) is 0 Å². The molecule has 5 heteroatoms. The molecule has 1 atom stereocenters. The van der Waals surface area contributed by atoms with Gasteiger partial charge in [-0.3, -0.25) is 4.21 Å². The lowest BCUT2D eigenvalue weighted by atomic mass is 9.95. The molecule has 4 nitrogen and oxygen atoms in total. The maximum atomic E-state index is 11.1. The summed E-state index contributed by atoms with van der Waals surface area (Å²) in [6.45, 7) is 2.76. The summed E-state index contributed by atoms with van der Waals surface area (Å²) in [5, 5.41) is 3.32. The second-order valence-corrected chi connectivity index (χ2v) is 6.66. The third kappa shape index (κ3) is 3.57. The molecule has 1 aliphatic rings.